The highest BCUT2D eigenvalue weighted by atomic mass is 16.5. The number of rotatable bonds is 4. The van der Waals surface area contributed by atoms with Crippen LogP contribution in [0.4, 0.5) is 0 Å². The quantitative estimate of drug-likeness (QED) is 0.410. The summed E-state index contributed by atoms with van der Waals surface area (Å²) in [5.41, 5.74) is 7.04. The second-order valence-corrected chi connectivity index (χ2v) is 10.4. The van der Waals surface area contributed by atoms with Crippen LogP contribution < -0.4 is 9.47 Å². The summed E-state index contributed by atoms with van der Waals surface area (Å²) in [4.78, 5) is 7.38. The highest BCUT2D eigenvalue weighted by molar-refractivity contribution is 5.93. The molecule has 11 nitrogen and oxygen atoms in total. The van der Waals surface area contributed by atoms with E-state index in [9.17, 15) is 5.11 Å². The van der Waals surface area contributed by atoms with Gasteiger partial charge in [0.1, 0.15) is 11.6 Å². The number of fused-ring (bicyclic) bond motifs is 5. The van der Waals surface area contributed by atoms with E-state index in [0.717, 1.165) is 75.8 Å². The van der Waals surface area contributed by atoms with E-state index in [1.165, 1.54) is 0 Å². The summed E-state index contributed by atoms with van der Waals surface area (Å²) in [5, 5.41) is 28.0. The van der Waals surface area contributed by atoms with Gasteiger partial charge in [0.2, 0.25) is 11.8 Å². The zero-order valence-electron chi connectivity index (χ0n) is 23.2. The largest absolute Gasteiger partial charge is 0.476 e. The van der Waals surface area contributed by atoms with Gasteiger partial charge in [-0.15, -0.1) is 5.10 Å². The molecule has 1 saturated heterocycles. The van der Waals surface area contributed by atoms with Crippen molar-refractivity contribution < 1.29 is 14.6 Å². The molecule has 206 valence electrons. The molecule has 0 spiro atoms. The third-order valence-electron chi connectivity index (χ3n) is 7.85. The Morgan fingerprint density at radius 1 is 1.21 bits per heavy atom. The Bertz CT molecular complexity index is 1550. The lowest BCUT2D eigenvalue weighted by Crippen LogP contribution is -2.41. The average Bonchev–Trinajstić information content (AvgIpc) is 3.65. The van der Waals surface area contributed by atoms with Crippen molar-refractivity contribution in [2.45, 2.75) is 65.8 Å². The fraction of sp³-hybridized carbons (Fsp3) is 0.500. The van der Waals surface area contributed by atoms with Gasteiger partial charge in [0.05, 0.1) is 59.4 Å². The van der Waals surface area contributed by atoms with Crippen LogP contribution in [0.5, 0.6) is 11.8 Å². The van der Waals surface area contributed by atoms with E-state index in [-0.39, 0.29) is 18.8 Å². The summed E-state index contributed by atoms with van der Waals surface area (Å²) in [6.07, 6.45) is 6.11. The van der Waals surface area contributed by atoms with E-state index in [4.69, 9.17) is 24.7 Å². The molecule has 2 atom stereocenters. The molecule has 0 aromatic carbocycles. The summed E-state index contributed by atoms with van der Waals surface area (Å²) in [5.74, 6) is 1.29. The van der Waals surface area contributed by atoms with E-state index in [0.29, 0.717) is 25.6 Å². The smallest absolute Gasteiger partial charge is 0.240 e. The number of aryl methyl sites for hydroxylation is 3. The zero-order valence-corrected chi connectivity index (χ0v) is 23.2. The highest BCUT2D eigenvalue weighted by Gasteiger charge is 2.34. The van der Waals surface area contributed by atoms with Crippen LogP contribution in [0.25, 0.3) is 34.3 Å². The number of nitrogens with one attached hydrogen (secondary N) is 1. The van der Waals surface area contributed by atoms with Crippen molar-refractivity contribution in [2.75, 3.05) is 19.8 Å². The lowest BCUT2D eigenvalue weighted by atomic mass is 10.1. The predicted octanol–water partition coefficient (Wildman–Crippen LogP) is 3.48. The average molecular weight is 533 g/mol. The van der Waals surface area contributed by atoms with Crippen LogP contribution in [0.15, 0.2) is 6.07 Å². The molecule has 0 amide bonds. The number of ether oxygens (including phenoxy) is 2. The van der Waals surface area contributed by atoms with E-state index in [2.05, 4.69) is 34.2 Å². The van der Waals surface area contributed by atoms with Crippen LogP contribution in [-0.2, 0) is 20.1 Å². The fourth-order valence-electron chi connectivity index (χ4n) is 6.05. The number of hydrogen-bond donors (Lipinski definition) is 2. The Balaban J connectivity index is 1.59. The van der Waals surface area contributed by atoms with Crippen LogP contribution in [0.1, 0.15) is 55.0 Å². The Morgan fingerprint density at radius 3 is 2.85 bits per heavy atom. The number of nitrogens with zero attached hydrogens (tertiary/aromatic N) is 7. The van der Waals surface area contributed by atoms with Crippen LogP contribution in [0, 0.1) is 13.8 Å². The van der Waals surface area contributed by atoms with Crippen molar-refractivity contribution in [3.8, 4) is 23.0 Å². The molecule has 2 N–H and O–H groups in total. The monoisotopic (exact) mass is 532 g/mol. The minimum atomic E-state index is -0.0833. The number of aliphatic hydroxyl groups excluding tert-OH is 1. The number of aromatic nitrogens is 7. The summed E-state index contributed by atoms with van der Waals surface area (Å²) >= 11 is 0. The number of aliphatic hydroxyl groups is 1. The molecule has 0 aliphatic carbocycles. The summed E-state index contributed by atoms with van der Waals surface area (Å²) in [6.45, 7) is 10.6. The third kappa shape index (κ3) is 4.39. The topological polar surface area (TPSA) is 119 Å². The first-order valence-corrected chi connectivity index (χ1v) is 13.7. The van der Waals surface area contributed by atoms with E-state index < -0.39 is 0 Å². The molecule has 39 heavy (non-hydrogen) atoms. The van der Waals surface area contributed by atoms with Crippen molar-refractivity contribution in [2.24, 2.45) is 7.05 Å². The van der Waals surface area contributed by atoms with Crippen LogP contribution >= 0.6 is 0 Å². The van der Waals surface area contributed by atoms with Gasteiger partial charge >= 0.3 is 0 Å². The van der Waals surface area contributed by atoms with E-state index in [1.807, 2.05) is 43.3 Å². The maximum absolute atomic E-state index is 9.82. The predicted molar refractivity (Wildman–Crippen MR) is 148 cm³/mol. The number of hydrogen-bond acceptors (Lipinski definition) is 8. The molecule has 1 fully saturated rings. The number of aromatic amines is 1. The molecule has 0 unspecified atom stereocenters. The maximum Gasteiger partial charge on any atom is 0.240 e. The molecule has 2 aliphatic rings. The molecule has 11 heteroatoms. The SMILES string of the molecule is CCOc1nn(CCO)c2c1/C=C/c1[nH]nc3c(C)nc(cc13)-c1c(C)nn(C)c1O[C@@H](C)[C@H]1CCCN1C2. The third-order valence-corrected chi connectivity index (χ3v) is 7.85. The molecular formula is C28H36N8O3. The van der Waals surface area contributed by atoms with Crippen LogP contribution in [-0.4, -0.2) is 76.7 Å². The first kappa shape index (κ1) is 25.6. The Hall–Kier alpha value is -3.70. The Labute approximate surface area is 227 Å². The molecule has 0 saturated carbocycles. The highest BCUT2D eigenvalue weighted by Crippen LogP contribution is 2.37. The van der Waals surface area contributed by atoms with Gasteiger partial charge in [-0.25, -0.2) is 4.68 Å². The molecule has 2 aliphatic heterocycles. The Kier molecular flexibility index (Phi) is 6.64. The molecule has 4 aromatic heterocycles. The molecule has 0 radical (unpaired) electrons. The first-order chi connectivity index (χ1) is 18.9. The molecule has 4 aromatic rings. The van der Waals surface area contributed by atoms with Crippen LogP contribution in [0.3, 0.4) is 0 Å². The van der Waals surface area contributed by atoms with Gasteiger partial charge in [-0.3, -0.25) is 19.7 Å². The molecular weight excluding hydrogens is 496 g/mol. The Morgan fingerprint density at radius 2 is 2.05 bits per heavy atom. The van der Waals surface area contributed by atoms with Gasteiger partial charge in [-0.05, 0) is 65.3 Å². The minimum absolute atomic E-state index is 0.00476. The summed E-state index contributed by atoms with van der Waals surface area (Å²) in [6, 6.07) is 2.27. The second kappa shape index (κ2) is 10.1. The molecule has 2 bridgehead atoms. The minimum Gasteiger partial charge on any atom is -0.476 e. The van der Waals surface area contributed by atoms with Crippen molar-refractivity contribution >= 4 is 23.1 Å². The molecule has 6 heterocycles. The summed E-state index contributed by atoms with van der Waals surface area (Å²) in [7, 11) is 1.92. The summed E-state index contributed by atoms with van der Waals surface area (Å²) < 4.78 is 16.4. The van der Waals surface area contributed by atoms with Gasteiger partial charge in [0.25, 0.3) is 0 Å². The van der Waals surface area contributed by atoms with Crippen LogP contribution in [0.2, 0.25) is 0 Å². The fourth-order valence-corrected chi connectivity index (χ4v) is 6.05. The van der Waals surface area contributed by atoms with Gasteiger partial charge in [-0.1, -0.05) is 0 Å². The maximum atomic E-state index is 9.82. The van der Waals surface area contributed by atoms with Gasteiger partial charge in [0.15, 0.2) is 0 Å². The first-order valence-electron chi connectivity index (χ1n) is 13.7. The number of H-pyrrole nitrogens is 1. The van der Waals surface area contributed by atoms with Gasteiger partial charge in [-0.2, -0.15) is 10.2 Å². The van der Waals surface area contributed by atoms with Crippen molar-refractivity contribution in [1.29, 1.82) is 0 Å². The lowest BCUT2D eigenvalue weighted by molar-refractivity contribution is 0.0920. The standard InChI is InChI=1S/C28H36N8O3/c1-6-38-27-19-9-10-21-20-14-22(29-17(3)26(20)31-30-21)25-16(2)32-34(5)28(25)39-18(4)23-8-7-11-35(23)15-24(19)36(33-27)12-13-37/h9-10,14,18,23,37H,6-8,11-13,15H2,1-5H3,(H,30,31)/b10-9+/t18-,23+/m0/s1. The number of pyridine rings is 1. The second-order valence-electron chi connectivity index (χ2n) is 10.4. The van der Waals surface area contributed by atoms with Crippen molar-refractivity contribution in [3.05, 3.63) is 34.4 Å². The lowest BCUT2D eigenvalue weighted by Gasteiger charge is -2.30. The zero-order chi connectivity index (χ0) is 27.3. The molecule has 6 rings (SSSR count). The van der Waals surface area contributed by atoms with Crippen molar-refractivity contribution in [1.82, 2.24) is 39.6 Å². The normalized spacial score (nSPS) is 20.3. The van der Waals surface area contributed by atoms with Crippen molar-refractivity contribution in [3.63, 3.8) is 0 Å². The van der Waals surface area contributed by atoms with Gasteiger partial charge in [0, 0.05) is 25.0 Å². The van der Waals surface area contributed by atoms with E-state index >= 15 is 0 Å². The van der Waals surface area contributed by atoms with Gasteiger partial charge < -0.3 is 14.6 Å². The van der Waals surface area contributed by atoms with E-state index in [1.54, 1.807) is 0 Å².